The Morgan fingerprint density at radius 2 is 1.23 bits per heavy atom. The number of nitrogens with one attached hydrogen (secondary N) is 1. The summed E-state index contributed by atoms with van der Waals surface area (Å²) in [6.45, 7) is 2.55. The molecule has 0 aromatic carbocycles. The number of hydrogen-bond donors (Lipinski definition) is 9. The van der Waals surface area contributed by atoms with Crippen molar-refractivity contribution in [1.29, 1.82) is 0 Å². The molecule has 2 rings (SSSR count). The zero-order valence-electron chi connectivity index (χ0n) is 31.7. The number of ether oxygens (including phenoxy) is 4. The first-order valence-corrected chi connectivity index (χ1v) is 19.7. The quantitative estimate of drug-likeness (QED) is 0.0432. The molecule has 9 N–H and O–H groups in total. The van der Waals surface area contributed by atoms with Crippen molar-refractivity contribution in [2.45, 2.75) is 184 Å². The van der Waals surface area contributed by atoms with Crippen LogP contribution in [0.15, 0.2) is 36.5 Å². The summed E-state index contributed by atoms with van der Waals surface area (Å²) in [5.74, 6) is -0.263. The molecule has 2 saturated heterocycles. The van der Waals surface area contributed by atoms with Gasteiger partial charge in [0.15, 0.2) is 12.6 Å². The standard InChI is InChI=1S/C39H69NO13/c1-3-5-7-9-11-13-15-16-18-20-22-28(43)27(40-31(44)23-21-19-17-14-12-10-8-6-4-2)26-50-38-36(49)34(47)37(30(25-42)52-38)53-39-35(48)33(46)32(45)29(24-41)51-39/h5,7,13,15,20,22,27-30,32-39,41-43,45-49H,3-4,6,8-12,14,16-19,21,23-26H2,1-2H3,(H,40,44)/b7-5+,15-13+,22-20+. The average molecular weight is 760 g/mol. The lowest BCUT2D eigenvalue weighted by Crippen LogP contribution is -2.65. The van der Waals surface area contributed by atoms with Crippen molar-refractivity contribution in [2.75, 3.05) is 19.8 Å². The molecule has 2 aliphatic rings. The molecule has 0 saturated carbocycles. The second-order valence-corrected chi connectivity index (χ2v) is 14.0. The summed E-state index contributed by atoms with van der Waals surface area (Å²) in [7, 11) is 0. The summed E-state index contributed by atoms with van der Waals surface area (Å²) in [6, 6.07) is -0.929. The van der Waals surface area contributed by atoms with Crippen molar-refractivity contribution < 1.29 is 64.6 Å². The molecular formula is C39H69NO13. The largest absolute Gasteiger partial charge is 0.394 e. The Balaban J connectivity index is 1.99. The van der Waals surface area contributed by atoms with Crippen LogP contribution in [0.2, 0.25) is 0 Å². The van der Waals surface area contributed by atoms with E-state index < -0.39 is 86.8 Å². The van der Waals surface area contributed by atoms with Gasteiger partial charge in [-0.1, -0.05) is 102 Å². The van der Waals surface area contributed by atoms with Crippen LogP contribution in [0.3, 0.4) is 0 Å². The van der Waals surface area contributed by atoms with Crippen molar-refractivity contribution in [2.24, 2.45) is 0 Å². The maximum Gasteiger partial charge on any atom is 0.220 e. The second kappa shape index (κ2) is 27.7. The minimum atomic E-state index is -1.79. The number of amides is 1. The molecule has 0 radical (unpaired) electrons. The zero-order chi connectivity index (χ0) is 39.0. The van der Waals surface area contributed by atoms with Gasteiger partial charge >= 0.3 is 0 Å². The van der Waals surface area contributed by atoms with Crippen molar-refractivity contribution in [1.82, 2.24) is 5.32 Å². The van der Waals surface area contributed by atoms with Gasteiger partial charge in [-0.25, -0.2) is 0 Å². The Hall–Kier alpha value is -1.79. The summed E-state index contributed by atoms with van der Waals surface area (Å²) in [6.07, 6.45) is 9.48. The topological polar surface area (TPSA) is 228 Å². The monoisotopic (exact) mass is 759 g/mol. The molecule has 0 aromatic rings. The van der Waals surface area contributed by atoms with E-state index in [1.807, 2.05) is 6.08 Å². The first kappa shape index (κ1) is 47.4. The summed E-state index contributed by atoms with van der Waals surface area (Å²) in [5, 5.41) is 85.9. The number of rotatable bonds is 27. The van der Waals surface area contributed by atoms with Crippen LogP contribution in [0.25, 0.3) is 0 Å². The van der Waals surface area contributed by atoms with Crippen LogP contribution >= 0.6 is 0 Å². The van der Waals surface area contributed by atoms with E-state index in [1.165, 1.54) is 32.1 Å². The van der Waals surface area contributed by atoms with Gasteiger partial charge in [-0.3, -0.25) is 4.79 Å². The Morgan fingerprint density at radius 1 is 0.679 bits per heavy atom. The Labute approximate surface area is 315 Å². The van der Waals surface area contributed by atoms with Crippen LogP contribution in [0.4, 0.5) is 0 Å². The van der Waals surface area contributed by atoms with Gasteiger partial charge < -0.3 is 65.1 Å². The van der Waals surface area contributed by atoms with Crippen molar-refractivity contribution >= 4 is 5.91 Å². The van der Waals surface area contributed by atoms with Gasteiger partial charge in [-0.15, -0.1) is 0 Å². The lowest BCUT2D eigenvalue weighted by atomic mass is 9.97. The lowest BCUT2D eigenvalue weighted by molar-refractivity contribution is -0.359. The van der Waals surface area contributed by atoms with E-state index in [4.69, 9.17) is 18.9 Å². The molecule has 0 aromatic heterocycles. The van der Waals surface area contributed by atoms with E-state index >= 15 is 0 Å². The molecule has 0 aliphatic carbocycles. The zero-order valence-corrected chi connectivity index (χ0v) is 31.7. The summed E-state index contributed by atoms with van der Waals surface area (Å²) in [5.41, 5.74) is 0. The third-order valence-corrected chi connectivity index (χ3v) is 9.57. The maximum atomic E-state index is 13.0. The minimum absolute atomic E-state index is 0.263. The van der Waals surface area contributed by atoms with Crippen LogP contribution in [-0.4, -0.2) is 140 Å². The van der Waals surface area contributed by atoms with Gasteiger partial charge in [0, 0.05) is 6.42 Å². The number of aliphatic hydroxyl groups is 8. The Morgan fingerprint density at radius 3 is 1.83 bits per heavy atom. The van der Waals surface area contributed by atoms with Crippen LogP contribution < -0.4 is 5.32 Å². The number of carbonyl (C=O) groups excluding carboxylic acids is 1. The highest BCUT2D eigenvalue weighted by atomic mass is 16.7. The van der Waals surface area contributed by atoms with Crippen molar-refractivity contribution in [3.8, 4) is 0 Å². The molecular weight excluding hydrogens is 690 g/mol. The number of aliphatic hydroxyl groups excluding tert-OH is 8. The first-order chi connectivity index (χ1) is 25.6. The van der Waals surface area contributed by atoms with Crippen LogP contribution in [0, 0.1) is 0 Å². The van der Waals surface area contributed by atoms with Gasteiger partial charge in [-0.05, 0) is 38.5 Å². The number of hydrogen-bond acceptors (Lipinski definition) is 13. The third kappa shape index (κ3) is 17.3. The minimum Gasteiger partial charge on any atom is -0.394 e. The Kier molecular flexibility index (Phi) is 24.8. The fraction of sp³-hybridized carbons (Fsp3) is 0.821. The summed E-state index contributed by atoms with van der Waals surface area (Å²) in [4.78, 5) is 13.0. The molecule has 0 bridgehead atoms. The fourth-order valence-corrected chi connectivity index (χ4v) is 6.27. The summed E-state index contributed by atoms with van der Waals surface area (Å²) < 4.78 is 22.5. The van der Waals surface area contributed by atoms with E-state index in [-0.39, 0.29) is 18.9 Å². The van der Waals surface area contributed by atoms with E-state index in [0.717, 1.165) is 44.9 Å². The SMILES string of the molecule is CC/C=C/CC/C=C/CC/C=C/C(O)C(COC1OC(CO)C(OC2OC(CO)C(O)C(O)C2O)C(O)C1O)NC(=O)CCCCCCCCCCC. The van der Waals surface area contributed by atoms with Crippen LogP contribution in [-0.2, 0) is 23.7 Å². The highest BCUT2D eigenvalue weighted by Crippen LogP contribution is 2.29. The average Bonchev–Trinajstić information content (AvgIpc) is 3.15. The molecule has 1 amide bonds. The third-order valence-electron chi connectivity index (χ3n) is 9.57. The van der Waals surface area contributed by atoms with Crippen molar-refractivity contribution in [3.05, 3.63) is 36.5 Å². The van der Waals surface area contributed by atoms with Gasteiger partial charge in [0.05, 0.1) is 32.0 Å². The van der Waals surface area contributed by atoms with Gasteiger partial charge in [0.2, 0.25) is 5.91 Å². The number of carbonyl (C=O) groups is 1. The number of allylic oxidation sites excluding steroid dienone is 5. The van der Waals surface area contributed by atoms with Crippen LogP contribution in [0.1, 0.15) is 110 Å². The van der Waals surface area contributed by atoms with E-state index in [0.29, 0.717) is 12.8 Å². The smallest absolute Gasteiger partial charge is 0.220 e. The molecule has 2 heterocycles. The molecule has 308 valence electrons. The highest BCUT2D eigenvalue weighted by molar-refractivity contribution is 5.76. The Bertz CT molecular complexity index is 1040. The first-order valence-electron chi connectivity index (χ1n) is 19.7. The second-order valence-electron chi connectivity index (χ2n) is 14.0. The molecule has 12 unspecified atom stereocenters. The van der Waals surface area contributed by atoms with E-state index in [1.54, 1.807) is 6.08 Å². The normalized spacial score (nSPS) is 30.8. The molecule has 14 heteroatoms. The summed E-state index contributed by atoms with van der Waals surface area (Å²) >= 11 is 0. The van der Waals surface area contributed by atoms with Gasteiger partial charge in [0.1, 0.15) is 48.8 Å². The maximum absolute atomic E-state index is 13.0. The predicted octanol–water partition coefficient (Wildman–Crippen LogP) is 2.03. The van der Waals surface area contributed by atoms with E-state index in [9.17, 15) is 45.6 Å². The van der Waals surface area contributed by atoms with Gasteiger partial charge in [0.25, 0.3) is 0 Å². The molecule has 12 atom stereocenters. The van der Waals surface area contributed by atoms with E-state index in [2.05, 4.69) is 43.5 Å². The van der Waals surface area contributed by atoms with Gasteiger partial charge in [-0.2, -0.15) is 0 Å². The molecule has 2 aliphatic heterocycles. The van der Waals surface area contributed by atoms with Crippen molar-refractivity contribution in [3.63, 3.8) is 0 Å². The molecule has 2 fully saturated rings. The molecule has 53 heavy (non-hydrogen) atoms. The molecule has 0 spiro atoms. The highest BCUT2D eigenvalue weighted by Gasteiger charge is 2.50. The number of unbranched alkanes of at least 4 members (excludes halogenated alkanes) is 10. The molecule has 14 nitrogen and oxygen atoms in total. The fourth-order valence-electron chi connectivity index (χ4n) is 6.27. The predicted molar refractivity (Wildman–Crippen MR) is 198 cm³/mol. The van der Waals surface area contributed by atoms with Crippen LogP contribution in [0.5, 0.6) is 0 Å². The lowest BCUT2D eigenvalue weighted by Gasteiger charge is -2.46.